The molecule has 4 fully saturated rings. The van der Waals surface area contributed by atoms with Crippen LogP contribution in [0.1, 0.15) is 40.0 Å². The van der Waals surface area contributed by atoms with Gasteiger partial charge in [-0.15, -0.1) is 0 Å². The summed E-state index contributed by atoms with van der Waals surface area (Å²) >= 11 is 0. The first-order valence-corrected chi connectivity index (χ1v) is 7.97. The van der Waals surface area contributed by atoms with Crippen LogP contribution in [-0.2, 0) is 9.47 Å². The molecule has 0 amide bonds. The monoisotopic (exact) mass is 278 g/mol. The van der Waals surface area contributed by atoms with Gasteiger partial charge in [0.15, 0.2) is 5.79 Å². The van der Waals surface area contributed by atoms with Gasteiger partial charge in [0, 0.05) is 11.8 Å². The highest BCUT2D eigenvalue weighted by Gasteiger charge is 2.70. The Morgan fingerprint density at radius 2 is 1.80 bits per heavy atom. The number of hydrogen-bond acceptors (Lipinski definition) is 3. The highest BCUT2D eigenvalue weighted by molar-refractivity contribution is 5.33. The number of ether oxygens (including phenoxy) is 2. The molecule has 0 bridgehead atoms. The van der Waals surface area contributed by atoms with Crippen molar-refractivity contribution < 1.29 is 14.6 Å². The van der Waals surface area contributed by atoms with Crippen molar-refractivity contribution in [2.24, 2.45) is 28.6 Å². The van der Waals surface area contributed by atoms with E-state index in [4.69, 9.17) is 9.47 Å². The van der Waals surface area contributed by atoms with Crippen molar-refractivity contribution in [1.82, 2.24) is 0 Å². The normalized spacial score (nSPS) is 51.7. The molecule has 3 aliphatic carbocycles. The molecule has 1 spiro atoms. The molecule has 3 heteroatoms. The van der Waals surface area contributed by atoms with Gasteiger partial charge in [-0.3, -0.25) is 0 Å². The molecular formula is C17H26O3. The molecule has 3 saturated carbocycles. The summed E-state index contributed by atoms with van der Waals surface area (Å²) in [6.07, 6.45) is 3.01. The number of fused-ring (bicyclic) bond motifs is 3. The maximum Gasteiger partial charge on any atom is 0.191 e. The molecule has 5 atom stereocenters. The number of aliphatic hydroxyl groups is 1. The third-order valence-corrected chi connectivity index (χ3v) is 6.94. The van der Waals surface area contributed by atoms with E-state index >= 15 is 0 Å². The fraction of sp³-hybridized carbons (Fsp3) is 0.882. The average Bonchev–Trinajstić information content (AvgIpc) is 3.03. The van der Waals surface area contributed by atoms with E-state index in [2.05, 4.69) is 27.4 Å². The summed E-state index contributed by atoms with van der Waals surface area (Å²) in [5.41, 5.74) is 1.09. The molecule has 0 aromatic rings. The SMILES string of the molecule is C=C1C2(C[C@@H]3C[C@H]4CC(C)(C)[C@H](O)[C@H]4[C@]13C)OCCO2. The van der Waals surface area contributed by atoms with Crippen LogP contribution in [0.15, 0.2) is 12.2 Å². The summed E-state index contributed by atoms with van der Waals surface area (Å²) in [5.74, 6) is 0.957. The average molecular weight is 278 g/mol. The quantitative estimate of drug-likeness (QED) is 0.692. The minimum atomic E-state index is -0.545. The first-order chi connectivity index (χ1) is 9.31. The van der Waals surface area contributed by atoms with Crippen molar-refractivity contribution in [3.8, 4) is 0 Å². The Labute approximate surface area is 121 Å². The Hall–Kier alpha value is -0.380. The molecule has 0 radical (unpaired) electrons. The molecule has 1 saturated heterocycles. The van der Waals surface area contributed by atoms with Crippen LogP contribution in [-0.4, -0.2) is 30.2 Å². The predicted octanol–water partition coefficient (Wildman–Crippen LogP) is 2.74. The molecule has 3 nitrogen and oxygen atoms in total. The van der Waals surface area contributed by atoms with Crippen molar-refractivity contribution in [1.29, 1.82) is 0 Å². The Bertz CT molecular complexity index is 463. The van der Waals surface area contributed by atoms with Gasteiger partial charge in [0.25, 0.3) is 0 Å². The van der Waals surface area contributed by atoms with Crippen LogP contribution in [0.3, 0.4) is 0 Å². The second-order valence-electron chi connectivity index (χ2n) is 8.27. The second kappa shape index (κ2) is 3.68. The van der Waals surface area contributed by atoms with Gasteiger partial charge in [-0.05, 0) is 41.6 Å². The van der Waals surface area contributed by atoms with Crippen molar-refractivity contribution in [3.63, 3.8) is 0 Å². The summed E-state index contributed by atoms with van der Waals surface area (Å²) in [7, 11) is 0. The zero-order valence-corrected chi connectivity index (χ0v) is 12.8. The van der Waals surface area contributed by atoms with Crippen LogP contribution < -0.4 is 0 Å². The van der Waals surface area contributed by atoms with Gasteiger partial charge in [-0.25, -0.2) is 0 Å². The van der Waals surface area contributed by atoms with Crippen LogP contribution in [0, 0.1) is 28.6 Å². The molecule has 4 aliphatic rings. The van der Waals surface area contributed by atoms with Gasteiger partial charge < -0.3 is 14.6 Å². The lowest BCUT2D eigenvalue weighted by Crippen LogP contribution is -2.40. The minimum Gasteiger partial charge on any atom is -0.392 e. The highest BCUT2D eigenvalue weighted by atomic mass is 16.7. The minimum absolute atomic E-state index is 0.0245. The predicted molar refractivity (Wildman–Crippen MR) is 76.0 cm³/mol. The Balaban J connectivity index is 1.74. The molecule has 1 aliphatic heterocycles. The Kier molecular flexibility index (Phi) is 2.45. The molecule has 0 aromatic heterocycles. The van der Waals surface area contributed by atoms with Gasteiger partial charge >= 0.3 is 0 Å². The molecule has 4 rings (SSSR count). The van der Waals surface area contributed by atoms with E-state index in [1.165, 1.54) is 6.42 Å². The number of hydrogen-bond donors (Lipinski definition) is 1. The third-order valence-electron chi connectivity index (χ3n) is 6.94. The van der Waals surface area contributed by atoms with Gasteiger partial charge in [0.1, 0.15) is 0 Å². The lowest BCUT2D eigenvalue weighted by atomic mass is 9.69. The maximum absolute atomic E-state index is 10.9. The fourth-order valence-corrected chi connectivity index (χ4v) is 5.95. The second-order valence-corrected chi connectivity index (χ2v) is 8.27. The summed E-state index contributed by atoms with van der Waals surface area (Å²) in [5, 5.41) is 10.9. The van der Waals surface area contributed by atoms with Gasteiger partial charge in [0.2, 0.25) is 0 Å². The summed E-state index contributed by atoms with van der Waals surface area (Å²) < 4.78 is 11.9. The standard InChI is InChI=1S/C17H26O3/c1-10-16(4)12(9-17(10)19-5-6-20-17)7-11-8-15(2,3)14(18)13(11)16/h11-14,18H,1,5-9H2,2-4H3/t11-,12-,13-,14+,16+/m0/s1. The van der Waals surface area contributed by atoms with E-state index < -0.39 is 5.79 Å². The van der Waals surface area contributed by atoms with E-state index in [9.17, 15) is 5.11 Å². The lowest BCUT2D eigenvalue weighted by Gasteiger charge is -2.39. The summed E-state index contributed by atoms with van der Waals surface area (Å²) in [6, 6.07) is 0. The topological polar surface area (TPSA) is 38.7 Å². The van der Waals surface area contributed by atoms with Crippen molar-refractivity contribution in [2.75, 3.05) is 13.2 Å². The number of rotatable bonds is 0. The zero-order valence-electron chi connectivity index (χ0n) is 12.8. The Morgan fingerprint density at radius 1 is 1.15 bits per heavy atom. The Morgan fingerprint density at radius 3 is 2.45 bits per heavy atom. The van der Waals surface area contributed by atoms with Crippen molar-refractivity contribution in [2.45, 2.75) is 51.9 Å². The molecule has 0 unspecified atom stereocenters. The first-order valence-electron chi connectivity index (χ1n) is 7.97. The highest BCUT2D eigenvalue weighted by Crippen LogP contribution is 2.71. The molecule has 20 heavy (non-hydrogen) atoms. The molecule has 0 aromatic carbocycles. The van der Waals surface area contributed by atoms with Crippen LogP contribution in [0.25, 0.3) is 0 Å². The van der Waals surface area contributed by atoms with Crippen LogP contribution in [0.5, 0.6) is 0 Å². The van der Waals surface area contributed by atoms with E-state index in [0.29, 0.717) is 31.0 Å². The zero-order chi connectivity index (χ0) is 14.3. The van der Waals surface area contributed by atoms with Crippen molar-refractivity contribution >= 4 is 0 Å². The van der Waals surface area contributed by atoms with Crippen LogP contribution in [0.4, 0.5) is 0 Å². The molecule has 1 heterocycles. The number of aliphatic hydroxyl groups excluding tert-OH is 1. The largest absolute Gasteiger partial charge is 0.392 e. The summed E-state index contributed by atoms with van der Waals surface area (Å²) in [4.78, 5) is 0. The van der Waals surface area contributed by atoms with Gasteiger partial charge in [0.05, 0.1) is 19.3 Å². The molecule has 112 valence electrons. The van der Waals surface area contributed by atoms with E-state index in [1.807, 2.05) is 0 Å². The van der Waals surface area contributed by atoms with Crippen LogP contribution in [0.2, 0.25) is 0 Å². The van der Waals surface area contributed by atoms with E-state index in [0.717, 1.165) is 18.4 Å². The molecule has 1 N–H and O–H groups in total. The van der Waals surface area contributed by atoms with E-state index in [-0.39, 0.29) is 16.9 Å². The van der Waals surface area contributed by atoms with E-state index in [1.54, 1.807) is 0 Å². The molecular weight excluding hydrogens is 252 g/mol. The van der Waals surface area contributed by atoms with Crippen LogP contribution >= 0.6 is 0 Å². The first kappa shape index (κ1) is 13.3. The fourth-order valence-electron chi connectivity index (χ4n) is 5.95. The third kappa shape index (κ3) is 1.32. The lowest BCUT2D eigenvalue weighted by molar-refractivity contribution is -0.126. The summed E-state index contributed by atoms with van der Waals surface area (Å²) in [6.45, 7) is 12.4. The van der Waals surface area contributed by atoms with Gasteiger partial charge in [-0.1, -0.05) is 27.4 Å². The maximum atomic E-state index is 10.9. The van der Waals surface area contributed by atoms with Crippen molar-refractivity contribution in [3.05, 3.63) is 12.2 Å². The van der Waals surface area contributed by atoms with Gasteiger partial charge in [-0.2, -0.15) is 0 Å². The smallest absolute Gasteiger partial charge is 0.191 e.